The third-order valence-electron chi connectivity index (χ3n) is 4.86. The van der Waals surface area contributed by atoms with Crippen LogP contribution in [0.25, 0.3) is 0 Å². The predicted molar refractivity (Wildman–Crippen MR) is 101 cm³/mol. The number of unbranched alkanes of at least 4 members (excludes halogenated alkanes) is 1. The lowest BCUT2D eigenvalue weighted by Gasteiger charge is -2.23. The molecule has 138 valence electrons. The summed E-state index contributed by atoms with van der Waals surface area (Å²) in [5.74, 6) is -0.329. The van der Waals surface area contributed by atoms with E-state index in [1.807, 2.05) is 37.3 Å². The van der Waals surface area contributed by atoms with Crippen LogP contribution >= 0.6 is 0 Å². The van der Waals surface area contributed by atoms with Gasteiger partial charge in [0.25, 0.3) is 11.5 Å². The average molecular weight is 354 g/mol. The van der Waals surface area contributed by atoms with Gasteiger partial charge in [0.1, 0.15) is 5.56 Å². The number of amides is 1. The Morgan fingerprint density at radius 3 is 2.81 bits per heavy atom. The Hall–Kier alpha value is -2.40. The predicted octanol–water partition coefficient (Wildman–Crippen LogP) is 3.21. The molecule has 0 unspecified atom stereocenters. The summed E-state index contributed by atoms with van der Waals surface area (Å²) in [6.07, 6.45) is 2.63. The first kappa shape index (κ1) is 18.4. The minimum Gasteiger partial charge on any atom is -0.376 e. The van der Waals surface area contributed by atoms with Crippen molar-refractivity contribution in [3.63, 3.8) is 0 Å². The molecule has 26 heavy (non-hydrogen) atoms. The number of nitrogens with one attached hydrogen (secondary N) is 1. The van der Waals surface area contributed by atoms with E-state index in [0.29, 0.717) is 19.8 Å². The maximum Gasteiger partial charge on any atom is 0.263 e. The molecule has 1 aromatic heterocycles. The van der Waals surface area contributed by atoms with E-state index in [1.165, 1.54) is 0 Å². The number of carbonyl (C=O) groups is 1. The van der Waals surface area contributed by atoms with Crippen molar-refractivity contribution >= 4 is 5.91 Å². The van der Waals surface area contributed by atoms with Crippen molar-refractivity contribution in [2.45, 2.75) is 52.3 Å². The zero-order chi connectivity index (χ0) is 18.5. The lowest BCUT2D eigenvalue weighted by molar-refractivity contribution is 0.0933. The molecule has 1 aliphatic rings. The summed E-state index contributed by atoms with van der Waals surface area (Å²) in [5.41, 5.74) is 2.98. The summed E-state index contributed by atoms with van der Waals surface area (Å²) in [4.78, 5) is 25.8. The third kappa shape index (κ3) is 3.88. The van der Waals surface area contributed by atoms with E-state index < -0.39 is 0 Å². The second kappa shape index (κ2) is 8.32. The van der Waals surface area contributed by atoms with Crippen LogP contribution in [0.1, 0.15) is 59.9 Å². The number of rotatable bonds is 6. The van der Waals surface area contributed by atoms with Gasteiger partial charge in [0.15, 0.2) is 0 Å². The van der Waals surface area contributed by atoms with Crippen LogP contribution in [-0.4, -0.2) is 17.1 Å². The van der Waals surface area contributed by atoms with Gasteiger partial charge in [-0.15, -0.1) is 0 Å². The number of hydrogen-bond donors (Lipinski definition) is 1. The standard InChI is InChI=1S/C21H26N2O3/c1-3-4-11-23-19-10-12-26-14-17(19)13-18(21(23)25)20(24)22-15(2)16-8-6-5-7-9-16/h5-9,13,15H,3-4,10-12,14H2,1-2H3,(H,22,24)/t15-/m1/s1. The van der Waals surface area contributed by atoms with Crippen molar-refractivity contribution in [3.8, 4) is 0 Å². The number of fused-ring (bicyclic) bond motifs is 1. The van der Waals surface area contributed by atoms with Gasteiger partial charge in [-0.1, -0.05) is 43.7 Å². The first-order chi connectivity index (χ1) is 12.6. The second-order valence-corrected chi connectivity index (χ2v) is 6.75. The normalized spacial score (nSPS) is 14.5. The topological polar surface area (TPSA) is 60.3 Å². The van der Waals surface area contributed by atoms with Crippen molar-refractivity contribution in [1.82, 2.24) is 9.88 Å². The maximum absolute atomic E-state index is 13.0. The minimum absolute atomic E-state index is 0.167. The van der Waals surface area contributed by atoms with Gasteiger partial charge in [-0.3, -0.25) is 9.59 Å². The van der Waals surface area contributed by atoms with Gasteiger partial charge in [0, 0.05) is 18.7 Å². The van der Waals surface area contributed by atoms with Crippen molar-refractivity contribution < 1.29 is 9.53 Å². The number of carbonyl (C=O) groups excluding carboxylic acids is 1. The molecule has 5 nitrogen and oxygen atoms in total. The van der Waals surface area contributed by atoms with Crippen LogP contribution in [0.5, 0.6) is 0 Å². The number of hydrogen-bond acceptors (Lipinski definition) is 3. The minimum atomic E-state index is -0.329. The zero-order valence-corrected chi connectivity index (χ0v) is 15.5. The molecule has 1 N–H and O–H groups in total. The molecule has 0 bridgehead atoms. The molecule has 0 saturated carbocycles. The molecule has 1 atom stereocenters. The van der Waals surface area contributed by atoms with Crippen LogP contribution < -0.4 is 10.9 Å². The highest BCUT2D eigenvalue weighted by molar-refractivity contribution is 5.94. The van der Waals surface area contributed by atoms with Gasteiger partial charge in [0.2, 0.25) is 0 Å². The van der Waals surface area contributed by atoms with Crippen molar-refractivity contribution in [1.29, 1.82) is 0 Å². The molecule has 0 aliphatic carbocycles. The van der Waals surface area contributed by atoms with E-state index in [4.69, 9.17) is 4.74 Å². The van der Waals surface area contributed by atoms with E-state index in [0.717, 1.165) is 36.1 Å². The van der Waals surface area contributed by atoms with Crippen LogP contribution in [0.15, 0.2) is 41.2 Å². The largest absolute Gasteiger partial charge is 0.376 e. The fraction of sp³-hybridized carbons (Fsp3) is 0.429. The quantitative estimate of drug-likeness (QED) is 0.866. The molecule has 1 amide bonds. The molecular formula is C21H26N2O3. The lowest BCUT2D eigenvalue weighted by Crippen LogP contribution is -2.37. The number of aromatic nitrogens is 1. The van der Waals surface area contributed by atoms with E-state index in [9.17, 15) is 9.59 Å². The first-order valence-electron chi connectivity index (χ1n) is 9.31. The molecule has 0 fully saturated rings. The monoisotopic (exact) mass is 354 g/mol. The fourth-order valence-electron chi connectivity index (χ4n) is 3.35. The van der Waals surface area contributed by atoms with Crippen LogP contribution in [0, 0.1) is 0 Å². The second-order valence-electron chi connectivity index (χ2n) is 6.75. The Kier molecular flexibility index (Phi) is 5.89. The zero-order valence-electron chi connectivity index (χ0n) is 15.5. The van der Waals surface area contributed by atoms with Crippen LogP contribution in [-0.2, 0) is 24.3 Å². The highest BCUT2D eigenvalue weighted by atomic mass is 16.5. The number of benzene rings is 1. The molecule has 0 spiro atoms. The Morgan fingerprint density at radius 2 is 2.08 bits per heavy atom. The lowest BCUT2D eigenvalue weighted by atomic mass is 10.0. The Balaban J connectivity index is 1.91. The fourth-order valence-corrected chi connectivity index (χ4v) is 3.35. The van der Waals surface area contributed by atoms with E-state index in [1.54, 1.807) is 10.6 Å². The van der Waals surface area contributed by atoms with E-state index in [-0.39, 0.29) is 23.1 Å². The summed E-state index contributed by atoms with van der Waals surface area (Å²) in [7, 11) is 0. The Morgan fingerprint density at radius 1 is 1.31 bits per heavy atom. The SMILES string of the molecule is CCCCn1c2c(cc(C(=O)N[C@H](C)c3ccccc3)c1=O)COCC2. The van der Waals surface area contributed by atoms with Crippen molar-refractivity contribution in [2.75, 3.05) is 6.61 Å². The van der Waals surface area contributed by atoms with Crippen LogP contribution in [0.3, 0.4) is 0 Å². The van der Waals surface area contributed by atoms with Crippen molar-refractivity contribution in [3.05, 3.63) is 69.1 Å². The Bertz CT molecular complexity index is 827. The summed E-state index contributed by atoms with van der Waals surface area (Å²) in [6, 6.07) is 11.3. The van der Waals surface area contributed by atoms with E-state index >= 15 is 0 Å². The summed E-state index contributed by atoms with van der Waals surface area (Å²) in [5, 5.41) is 2.95. The first-order valence-corrected chi connectivity index (χ1v) is 9.31. The van der Waals surface area contributed by atoms with Gasteiger partial charge in [0.05, 0.1) is 19.3 Å². The molecule has 0 saturated heterocycles. The number of pyridine rings is 1. The number of nitrogens with zero attached hydrogens (tertiary/aromatic N) is 1. The highest BCUT2D eigenvalue weighted by Crippen LogP contribution is 2.18. The molecule has 5 heteroatoms. The molecule has 2 heterocycles. The Labute approximate surface area is 154 Å². The molecule has 0 radical (unpaired) electrons. The smallest absolute Gasteiger partial charge is 0.263 e. The van der Waals surface area contributed by atoms with Gasteiger partial charge in [-0.25, -0.2) is 0 Å². The van der Waals surface area contributed by atoms with Gasteiger partial charge in [-0.2, -0.15) is 0 Å². The third-order valence-corrected chi connectivity index (χ3v) is 4.86. The average Bonchev–Trinajstić information content (AvgIpc) is 2.67. The molecule has 3 rings (SSSR count). The van der Waals surface area contributed by atoms with Crippen LogP contribution in [0.2, 0.25) is 0 Å². The highest BCUT2D eigenvalue weighted by Gasteiger charge is 2.22. The van der Waals surface area contributed by atoms with Gasteiger partial charge >= 0.3 is 0 Å². The summed E-state index contributed by atoms with van der Waals surface area (Å²) in [6.45, 7) is 5.74. The molecule has 1 aliphatic heterocycles. The summed E-state index contributed by atoms with van der Waals surface area (Å²) < 4.78 is 7.31. The van der Waals surface area contributed by atoms with Gasteiger partial charge in [-0.05, 0) is 30.5 Å². The number of ether oxygens (including phenoxy) is 1. The van der Waals surface area contributed by atoms with E-state index in [2.05, 4.69) is 12.2 Å². The maximum atomic E-state index is 13.0. The van der Waals surface area contributed by atoms with Gasteiger partial charge < -0.3 is 14.6 Å². The van der Waals surface area contributed by atoms with Crippen LogP contribution in [0.4, 0.5) is 0 Å². The summed E-state index contributed by atoms with van der Waals surface area (Å²) >= 11 is 0. The molecule has 1 aromatic carbocycles. The molecular weight excluding hydrogens is 328 g/mol. The van der Waals surface area contributed by atoms with Crippen molar-refractivity contribution in [2.24, 2.45) is 0 Å². The molecule has 2 aromatic rings.